The van der Waals surface area contributed by atoms with Crippen molar-refractivity contribution in [3.8, 4) is 18.2 Å². The van der Waals surface area contributed by atoms with Crippen LogP contribution in [-0.4, -0.2) is 16.7 Å². The lowest BCUT2D eigenvalue weighted by molar-refractivity contribution is -0.338. The van der Waals surface area contributed by atoms with Crippen LogP contribution >= 0.6 is 0 Å². The van der Waals surface area contributed by atoms with Gasteiger partial charge in [-0.1, -0.05) is 13.0 Å². The first-order valence-electron chi connectivity index (χ1n) is 7.01. The molecule has 3 aliphatic heterocycles. The molecule has 0 spiro atoms. The highest BCUT2D eigenvalue weighted by atomic mass is 16.7. The van der Waals surface area contributed by atoms with Crippen LogP contribution in [0.5, 0.6) is 0 Å². The van der Waals surface area contributed by atoms with Crippen LogP contribution in [0.25, 0.3) is 0 Å². The van der Waals surface area contributed by atoms with Gasteiger partial charge in [-0.2, -0.15) is 15.8 Å². The van der Waals surface area contributed by atoms with E-state index in [1.165, 1.54) is 6.20 Å². The summed E-state index contributed by atoms with van der Waals surface area (Å²) >= 11 is 0. The molecule has 3 saturated heterocycles. The van der Waals surface area contributed by atoms with Crippen LogP contribution in [0.15, 0.2) is 24.5 Å². The highest BCUT2D eigenvalue weighted by Crippen LogP contribution is 2.66. The molecule has 0 saturated carbocycles. The summed E-state index contributed by atoms with van der Waals surface area (Å²) in [5, 5.41) is 37.7. The van der Waals surface area contributed by atoms with E-state index >= 15 is 0 Å². The van der Waals surface area contributed by atoms with E-state index in [-0.39, 0.29) is 0 Å². The van der Waals surface area contributed by atoms with Crippen molar-refractivity contribution < 1.29 is 9.47 Å². The number of pyridine rings is 1. The normalized spacial score (nSPS) is 37.1. The molecule has 4 heterocycles. The molecule has 0 aliphatic carbocycles. The number of ether oxygens (including phenoxy) is 2. The molecule has 7 nitrogen and oxygen atoms in total. The van der Waals surface area contributed by atoms with Crippen LogP contribution in [0.1, 0.15) is 25.5 Å². The van der Waals surface area contributed by atoms with Crippen molar-refractivity contribution in [3.05, 3.63) is 30.1 Å². The Kier molecular flexibility index (Phi) is 2.94. The SMILES string of the molecule is CC1C2(C)OC(=N)C(C#N)(C(c3cccnc3)O2)C1(C#N)C#N. The van der Waals surface area contributed by atoms with Crippen molar-refractivity contribution >= 4 is 5.90 Å². The highest BCUT2D eigenvalue weighted by molar-refractivity contribution is 5.88. The van der Waals surface area contributed by atoms with Gasteiger partial charge >= 0.3 is 0 Å². The van der Waals surface area contributed by atoms with Crippen molar-refractivity contribution in [2.75, 3.05) is 0 Å². The van der Waals surface area contributed by atoms with E-state index in [1.54, 1.807) is 32.2 Å². The minimum atomic E-state index is -1.85. The second-order valence-electron chi connectivity index (χ2n) is 5.90. The molecule has 1 aromatic heterocycles. The van der Waals surface area contributed by atoms with Crippen molar-refractivity contribution in [2.24, 2.45) is 16.7 Å². The molecule has 1 N–H and O–H groups in total. The van der Waals surface area contributed by atoms with Gasteiger partial charge in [0.1, 0.15) is 6.10 Å². The van der Waals surface area contributed by atoms with Gasteiger partial charge in [0.25, 0.3) is 0 Å². The van der Waals surface area contributed by atoms with E-state index in [0.29, 0.717) is 5.56 Å². The molecule has 114 valence electrons. The third-order valence-electron chi connectivity index (χ3n) is 4.98. The molecule has 4 unspecified atom stereocenters. The molecule has 4 rings (SSSR count). The van der Waals surface area contributed by atoms with Gasteiger partial charge in [0, 0.05) is 24.9 Å². The predicted octanol–water partition coefficient (Wildman–Crippen LogP) is 2.06. The zero-order chi connectivity index (χ0) is 16.9. The predicted molar refractivity (Wildman–Crippen MR) is 76.1 cm³/mol. The molecule has 4 atom stereocenters. The second kappa shape index (κ2) is 4.52. The molecule has 1 aromatic rings. The lowest BCUT2D eigenvalue weighted by Gasteiger charge is -2.60. The molecular formula is C16H13N5O2. The Morgan fingerprint density at radius 3 is 2.48 bits per heavy atom. The molecule has 7 heteroatoms. The van der Waals surface area contributed by atoms with Gasteiger partial charge in [-0.25, -0.2) is 0 Å². The van der Waals surface area contributed by atoms with Crippen molar-refractivity contribution in [1.82, 2.24) is 4.98 Å². The van der Waals surface area contributed by atoms with Gasteiger partial charge in [-0.3, -0.25) is 10.4 Å². The Morgan fingerprint density at radius 2 is 1.96 bits per heavy atom. The number of nitrogens with one attached hydrogen (secondary N) is 1. The fourth-order valence-electron chi connectivity index (χ4n) is 3.50. The average molecular weight is 307 g/mol. The van der Waals surface area contributed by atoms with Crippen LogP contribution in [0.3, 0.4) is 0 Å². The zero-order valence-corrected chi connectivity index (χ0v) is 12.6. The molecule has 23 heavy (non-hydrogen) atoms. The Hall–Kier alpha value is -2.95. The van der Waals surface area contributed by atoms with Gasteiger partial charge in [0.05, 0.1) is 24.1 Å². The third-order valence-corrected chi connectivity index (χ3v) is 4.98. The summed E-state index contributed by atoms with van der Waals surface area (Å²) in [4.78, 5) is 4.01. The molecule has 0 aromatic carbocycles. The fourth-order valence-corrected chi connectivity index (χ4v) is 3.50. The number of hydrogen-bond donors (Lipinski definition) is 1. The quantitative estimate of drug-likeness (QED) is 0.846. The van der Waals surface area contributed by atoms with Crippen molar-refractivity contribution in [2.45, 2.75) is 25.7 Å². The first-order chi connectivity index (χ1) is 10.9. The first-order valence-corrected chi connectivity index (χ1v) is 7.01. The Bertz CT molecular complexity index is 788. The fraction of sp³-hybridized carbons (Fsp3) is 0.438. The number of hydrogen-bond acceptors (Lipinski definition) is 7. The zero-order valence-electron chi connectivity index (χ0n) is 12.6. The summed E-state index contributed by atoms with van der Waals surface area (Å²) < 4.78 is 11.5. The van der Waals surface area contributed by atoms with E-state index in [1.807, 2.05) is 18.2 Å². The smallest absolute Gasteiger partial charge is 0.215 e. The molecular weight excluding hydrogens is 294 g/mol. The number of rotatable bonds is 1. The van der Waals surface area contributed by atoms with E-state index in [2.05, 4.69) is 4.98 Å². The summed E-state index contributed by atoms with van der Waals surface area (Å²) in [7, 11) is 0. The monoisotopic (exact) mass is 307 g/mol. The minimum Gasteiger partial charge on any atom is -0.448 e. The number of aromatic nitrogens is 1. The van der Waals surface area contributed by atoms with E-state index in [4.69, 9.17) is 14.9 Å². The molecule has 2 bridgehead atoms. The maximum Gasteiger partial charge on any atom is 0.215 e. The number of nitrogens with zero attached hydrogens (tertiary/aromatic N) is 4. The third kappa shape index (κ3) is 1.49. The van der Waals surface area contributed by atoms with E-state index in [9.17, 15) is 15.8 Å². The van der Waals surface area contributed by atoms with Gasteiger partial charge < -0.3 is 9.47 Å². The molecule has 3 aliphatic rings. The summed E-state index contributed by atoms with van der Waals surface area (Å²) in [6.07, 6.45) is 2.09. The summed E-state index contributed by atoms with van der Waals surface area (Å²) in [6.45, 7) is 3.21. The van der Waals surface area contributed by atoms with Gasteiger partial charge in [-0.05, 0) is 6.07 Å². The number of nitriles is 3. The second-order valence-corrected chi connectivity index (χ2v) is 5.90. The van der Waals surface area contributed by atoms with Gasteiger partial charge in [0.15, 0.2) is 10.8 Å². The lowest BCUT2D eigenvalue weighted by atomic mass is 9.51. The lowest BCUT2D eigenvalue weighted by Crippen LogP contribution is -2.71. The summed E-state index contributed by atoms with van der Waals surface area (Å²) in [6, 6.07) is 9.34. The van der Waals surface area contributed by atoms with Crippen molar-refractivity contribution in [3.63, 3.8) is 0 Å². The van der Waals surface area contributed by atoms with E-state index in [0.717, 1.165) is 0 Å². The van der Waals surface area contributed by atoms with Crippen molar-refractivity contribution in [1.29, 1.82) is 21.2 Å². The maximum atomic E-state index is 9.89. The topological polar surface area (TPSA) is 127 Å². The Labute approximate surface area is 133 Å². The highest BCUT2D eigenvalue weighted by Gasteiger charge is 2.78. The van der Waals surface area contributed by atoms with Crippen LogP contribution in [0, 0.1) is 56.2 Å². The van der Waals surface area contributed by atoms with Crippen LogP contribution < -0.4 is 0 Å². The Balaban J connectivity index is 2.35. The first kappa shape index (κ1) is 15.0. The van der Waals surface area contributed by atoms with Gasteiger partial charge in [0.2, 0.25) is 11.7 Å². The maximum absolute atomic E-state index is 9.89. The standard InChI is InChI=1S/C16H13N5O2/c1-10-14(2)22-12(11-4-3-5-21-6-11)16(9-19,13(20)23-14)15(10,7-17)8-18/h3-6,10,12,20H,1-2H3. The summed E-state index contributed by atoms with van der Waals surface area (Å²) in [5.41, 5.74) is -3.09. The van der Waals surface area contributed by atoms with Crippen LogP contribution in [-0.2, 0) is 9.47 Å². The largest absolute Gasteiger partial charge is 0.448 e. The van der Waals surface area contributed by atoms with Crippen LogP contribution in [0.2, 0.25) is 0 Å². The number of fused-ring (bicyclic) bond motifs is 3. The van der Waals surface area contributed by atoms with Crippen LogP contribution in [0.4, 0.5) is 0 Å². The minimum absolute atomic E-state index is 0.413. The summed E-state index contributed by atoms with van der Waals surface area (Å²) in [5.74, 6) is -2.47. The molecule has 3 fully saturated rings. The van der Waals surface area contributed by atoms with Gasteiger partial charge in [-0.15, -0.1) is 0 Å². The molecule has 0 amide bonds. The average Bonchev–Trinajstić information content (AvgIpc) is 2.57. The molecule has 0 radical (unpaired) electrons. The Morgan fingerprint density at radius 1 is 1.26 bits per heavy atom. The van der Waals surface area contributed by atoms with E-state index < -0.39 is 34.5 Å².